The van der Waals surface area contributed by atoms with Gasteiger partial charge in [0.2, 0.25) is 0 Å². The fourth-order valence-corrected chi connectivity index (χ4v) is 3.40. The van der Waals surface area contributed by atoms with E-state index in [2.05, 4.69) is 18.5 Å². The monoisotopic (exact) mass is 361 g/mol. The van der Waals surface area contributed by atoms with Gasteiger partial charge < -0.3 is 9.84 Å². The van der Waals surface area contributed by atoms with Gasteiger partial charge in [0.25, 0.3) is 0 Å². The Kier molecular flexibility index (Phi) is 7.72. The molecule has 26 heavy (non-hydrogen) atoms. The molecule has 1 fully saturated rings. The first kappa shape index (κ1) is 22.1. The second-order valence-corrected chi connectivity index (χ2v) is 7.28. The number of ether oxygens (including phenoxy) is 1. The summed E-state index contributed by atoms with van der Waals surface area (Å²) in [6.07, 6.45) is 0.659. The molecular formula is C21H31NO4. The van der Waals surface area contributed by atoms with Crippen molar-refractivity contribution in [1.82, 2.24) is 5.32 Å². The van der Waals surface area contributed by atoms with Crippen LogP contribution in [0.5, 0.6) is 5.75 Å². The van der Waals surface area contributed by atoms with Gasteiger partial charge in [-0.25, -0.2) is 0 Å². The van der Waals surface area contributed by atoms with Gasteiger partial charge in [-0.2, -0.15) is 0 Å². The number of carbonyl (C=O) groups excluding carboxylic acids is 2. The molecule has 1 saturated carbocycles. The zero-order chi connectivity index (χ0) is 20.1. The van der Waals surface area contributed by atoms with Crippen LogP contribution in [0.25, 0.3) is 0 Å². The number of rotatable bonds is 5. The molecule has 0 atom stereocenters. The molecule has 0 heterocycles. The summed E-state index contributed by atoms with van der Waals surface area (Å²) in [5, 5.41) is 12.7. The molecule has 0 unspecified atom stereocenters. The van der Waals surface area contributed by atoms with Crippen LogP contribution in [0.1, 0.15) is 49.3 Å². The van der Waals surface area contributed by atoms with E-state index >= 15 is 0 Å². The second kappa shape index (κ2) is 9.10. The summed E-state index contributed by atoms with van der Waals surface area (Å²) in [5.74, 6) is -0.353. The smallest absolute Gasteiger partial charge is 0.148 e. The van der Waals surface area contributed by atoms with Gasteiger partial charge in [-0.1, -0.05) is 6.07 Å². The third kappa shape index (κ3) is 5.51. The first-order valence-corrected chi connectivity index (χ1v) is 8.80. The van der Waals surface area contributed by atoms with Crippen molar-refractivity contribution < 1.29 is 19.4 Å². The van der Waals surface area contributed by atoms with Gasteiger partial charge in [0.15, 0.2) is 0 Å². The van der Waals surface area contributed by atoms with Crippen LogP contribution in [-0.4, -0.2) is 36.1 Å². The van der Waals surface area contributed by atoms with Crippen molar-refractivity contribution in [2.45, 2.75) is 52.2 Å². The Bertz CT molecular complexity index is 643. The van der Waals surface area contributed by atoms with Crippen molar-refractivity contribution >= 4 is 11.6 Å². The summed E-state index contributed by atoms with van der Waals surface area (Å²) in [7, 11) is 1.56. The Balaban J connectivity index is 0.00000163. The van der Waals surface area contributed by atoms with Crippen molar-refractivity contribution in [3.05, 3.63) is 42.0 Å². The third-order valence-electron chi connectivity index (χ3n) is 4.45. The minimum absolute atomic E-state index is 0.0703. The van der Waals surface area contributed by atoms with Crippen LogP contribution in [0.2, 0.25) is 0 Å². The van der Waals surface area contributed by atoms with Crippen LogP contribution >= 0.6 is 0 Å². The standard InChI is InChI=1S/C19H27NO4.C2H4/c1-11-6-12(2)17(16(7-11)24-5)18-14(21)8-13(9-15(18)22)10-20-19(3,4)23;1-2/h6-7,13,18,20,23H,8-10H2,1-5H3;1-2H2. The van der Waals surface area contributed by atoms with Crippen molar-refractivity contribution in [2.75, 3.05) is 13.7 Å². The van der Waals surface area contributed by atoms with Gasteiger partial charge in [0.1, 0.15) is 29.0 Å². The molecular weight excluding hydrogens is 330 g/mol. The summed E-state index contributed by atoms with van der Waals surface area (Å²) in [5.41, 5.74) is 1.63. The zero-order valence-electron chi connectivity index (χ0n) is 16.5. The van der Waals surface area contributed by atoms with Gasteiger partial charge in [0.05, 0.1) is 7.11 Å². The topological polar surface area (TPSA) is 75.6 Å². The highest BCUT2D eigenvalue weighted by molar-refractivity contribution is 6.10. The fourth-order valence-electron chi connectivity index (χ4n) is 3.40. The predicted octanol–water partition coefficient (Wildman–Crippen LogP) is 3.06. The lowest BCUT2D eigenvalue weighted by atomic mass is 9.75. The molecule has 1 aliphatic carbocycles. The quantitative estimate of drug-likeness (QED) is 0.479. The molecule has 5 nitrogen and oxygen atoms in total. The maximum Gasteiger partial charge on any atom is 0.148 e. The van der Waals surface area contributed by atoms with Crippen LogP contribution in [0.15, 0.2) is 25.3 Å². The van der Waals surface area contributed by atoms with E-state index in [1.807, 2.05) is 26.0 Å². The lowest BCUT2D eigenvalue weighted by Gasteiger charge is -2.30. The molecule has 144 valence electrons. The summed E-state index contributed by atoms with van der Waals surface area (Å²) in [6, 6.07) is 3.84. The predicted molar refractivity (Wildman–Crippen MR) is 104 cm³/mol. The summed E-state index contributed by atoms with van der Waals surface area (Å²) < 4.78 is 5.43. The lowest BCUT2D eigenvalue weighted by Crippen LogP contribution is -2.44. The number of Topliss-reactive ketones (excluding diaryl/α,β-unsaturated/α-hetero) is 2. The molecule has 1 aromatic carbocycles. The molecule has 5 heteroatoms. The third-order valence-corrected chi connectivity index (χ3v) is 4.45. The molecule has 2 rings (SSSR count). The van der Waals surface area contributed by atoms with E-state index in [9.17, 15) is 14.7 Å². The van der Waals surface area contributed by atoms with Crippen LogP contribution in [-0.2, 0) is 9.59 Å². The summed E-state index contributed by atoms with van der Waals surface area (Å²) in [4.78, 5) is 25.4. The zero-order valence-corrected chi connectivity index (χ0v) is 16.5. The summed E-state index contributed by atoms with van der Waals surface area (Å²) >= 11 is 0. The number of hydrogen-bond acceptors (Lipinski definition) is 5. The molecule has 0 amide bonds. The Morgan fingerprint density at radius 3 is 2.19 bits per heavy atom. The van der Waals surface area contributed by atoms with E-state index in [1.54, 1.807) is 21.0 Å². The van der Waals surface area contributed by atoms with Crippen molar-refractivity contribution in [3.63, 3.8) is 0 Å². The number of ketones is 2. The van der Waals surface area contributed by atoms with Crippen LogP contribution in [0.3, 0.4) is 0 Å². The van der Waals surface area contributed by atoms with E-state index in [1.165, 1.54) is 0 Å². The first-order valence-electron chi connectivity index (χ1n) is 8.80. The molecule has 1 aromatic rings. The normalized spacial score (nSPS) is 20.4. The first-order chi connectivity index (χ1) is 12.1. The SMILES string of the molecule is C=C.COc1cc(C)cc(C)c1C1C(=O)CC(CNC(C)(C)O)CC1=O. The Labute approximate surface area is 156 Å². The summed E-state index contributed by atoms with van der Waals surface area (Å²) in [6.45, 7) is 13.6. The van der Waals surface area contributed by atoms with E-state index in [-0.39, 0.29) is 17.5 Å². The molecule has 2 N–H and O–H groups in total. The van der Waals surface area contributed by atoms with E-state index in [0.29, 0.717) is 30.7 Å². The largest absolute Gasteiger partial charge is 0.496 e. The van der Waals surface area contributed by atoms with Crippen LogP contribution in [0.4, 0.5) is 0 Å². The molecule has 0 aliphatic heterocycles. The number of methoxy groups -OCH3 is 1. The Morgan fingerprint density at radius 2 is 1.73 bits per heavy atom. The molecule has 0 bridgehead atoms. The second-order valence-electron chi connectivity index (χ2n) is 7.28. The Morgan fingerprint density at radius 1 is 1.19 bits per heavy atom. The van der Waals surface area contributed by atoms with Gasteiger partial charge in [-0.15, -0.1) is 13.2 Å². The van der Waals surface area contributed by atoms with E-state index in [4.69, 9.17) is 4.74 Å². The van der Waals surface area contributed by atoms with Gasteiger partial charge in [-0.05, 0) is 50.8 Å². The van der Waals surface area contributed by atoms with Crippen LogP contribution < -0.4 is 10.1 Å². The number of carbonyl (C=O) groups is 2. The fraction of sp³-hybridized carbons (Fsp3) is 0.524. The molecule has 0 saturated heterocycles. The van der Waals surface area contributed by atoms with Gasteiger partial charge in [-0.3, -0.25) is 14.9 Å². The van der Waals surface area contributed by atoms with Crippen LogP contribution in [0, 0.1) is 19.8 Å². The highest BCUT2D eigenvalue weighted by atomic mass is 16.5. The number of hydrogen-bond donors (Lipinski definition) is 2. The number of aryl methyl sites for hydroxylation is 2. The average molecular weight is 361 g/mol. The highest BCUT2D eigenvalue weighted by Crippen LogP contribution is 2.37. The van der Waals surface area contributed by atoms with Gasteiger partial charge >= 0.3 is 0 Å². The maximum absolute atomic E-state index is 12.7. The molecule has 1 aliphatic rings. The Hall–Kier alpha value is -1.98. The van der Waals surface area contributed by atoms with Crippen molar-refractivity contribution in [2.24, 2.45) is 5.92 Å². The minimum Gasteiger partial charge on any atom is -0.496 e. The number of nitrogens with one attached hydrogen (secondary N) is 1. The maximum atomic E-state index is 12.7. The molecule has 0 radical (unpaired) electrons. The average Bonchev–Trinajstić information content (AvgIpc) is 2.55. The molecule has 0 aromatic heterocycles. The van der Waals surface area contributed by atoms with E-state index < -0.39 is 11.6 Å². The van der Waals surface area contributed by atoms with Crippen molar-refractivity contribution in [3.8, 4) is 5.75 Å². The van der Waals surface area contributed by atoms with E-state index in [0.717, 1.165) is 11.1 Å². The minimum atomic E-state index is -1.01. The van der Waals surface area contributed by atoms with Crippen molar-refractivity contribution in [1.29, 1.82) is 0 Å². The van der Waals surface area contributed by atoms with Gasteiger partial charge in [0, 0.05) is 24.9 Å². The number of benzene rings is 1. The number of aliphatic hydroxyl groups is 1. The lowest BCUT2D eigenvalue weighted by molar-refractivity contribution is -0.133. The highest BCUT2D eigenvalue weighted by Gasteiger charge is 2.39. The molecule has 0 spiro atoms.